The monoisotopic (exact) mass is 307 g/mol. The standard InChI is InChI=1S/C15H18ClN3O2/c16-11-2-1-3-12(8-11)19-7-5-13(15(19)21)18-14(20)10-4-6-17-9-10/h1-3,8,10,13,17H,4-7,9H2,(H,18,20). The maximum absolute atomic E-state index is 12.4. The number of carbonyl (C=O) groups is 2. The third-order valence-corrected chi connectivity index (χ3v) is 4.31. The number of hydrogen-bond donors (Lipinski definition) is 2. The zero-order chi connectivity index (χ0) is 14.8. The van der Waals surface area contributed by atoms with Gasteiger partial charge in [0.25, 0.3) is 0 Å². The Morgan fingerprint density at radius 3 is 2.95 bits per heavy atom. The van der Waals surface area contributed by atoms with Crippen molar-refractivity contribution in [2.45, 2.75) is 18.9 Å². The molecule has 0 aliphatic carbocycles. The van der Waals surface area contributed by atoms with Crippen molar-refractivity contribution >= 4 is 29.1 Å². The Morgan fingerprint density at radius 1 is 1.38 bits per heavy atom. The van der Waals surface area contributed by atoms with Crippen LogP contribution in [0.3, 0.4) is 0 Å². The number of nitrogens with zero attached hydrogens (tertiary/aromatic N) is 1. The van der Waals surface area contributed by atoms with Gasteiger partial charge >= 0.3 is 0 Å². The van der Waals surface area contributed by atoms with E-state index in [9.17, 15) is 9.59 Å². The molecule has 6 heteroatoms. The summed E-state index contributed by atoms with van der Waals surface area (Å²) in [6.45, 7) is 2.17. The van der Waals surface area contributed by atoms with Crippen LogP contribution in [0.2, 0.25) is 5.02 Å². The number of halogens is 1. The lowest BCUT2D eigenvalue weighted by atomic mass is 10.1. The maximum Gasteiger partial charge on any atom is 0.249 e. The Hall–Kier alpha value is -1.59. The molecule has 2 aliphatic rings. The second-order valence-corrected chi connectivity index (χ2v) is 5.95. The molecule has 2 heterocycles. The highest BCUT2D eigenvalue weighted by Gasteiger charge is 2.35. The van der Waals surface area contributed by atoms with E-state index in [4.69, 9.17) is 11.6 Å². The summed E-state index contributed by atoms with van der Waals surface area (Å²) in [5.41, 5.74) is 0.784. The first-order valence-corrected chi connectivity index (χ1v) is 7.61. The molecule has 5 nitrogen and oxygen atoms in total. The summed E-state index contributed by atoms with van der Waals surface area (Å²) in [5.74, 6) is -0.0964. The topological polar surface area (TPSA) is 61.4 Å². The molecule has 1 aromatic carbocycles. The van der Waals surface area contributed by atoms with Crippen molar-refractivity contribution in [1.29, 1.82) is 0 Å². The highest BCUT2D eigenvalue weighted by molar-refractivity contribution is 6.31. The van der Waals surface area contributed by atoms with Gasteiger partial charge in [-0.15, -0.1) is 0 Å². The maximum atomic E-state index is 12.4. The minimum absolute atomic E-state index is 0.0157. The number of carbonyl (C=O) groups excluding carboxylic acids is 2. The minimum atomic E-state index is -0.419. The molecule has 0 radical (unpaired) electrons. The molecular formula is C15H18ClN3O2. The Labute approximate surface area is 128 Å². The van der Waals surface area contributed by atoms with Gasteiger partial charge in [-0.05, 0) is 37.6 Å². The van der Waals surface area contributed by atoms with Gasteiger partial charge in [-0.1, -0.05) is 17.7 Å². The highest BCUT2D eigenvalue weighted by atomic mass is 35.5. The SMILES string of the molecule is O=C(NC1CCN(c2cccc(Cl)c2)C1=O)C1CCNC1. The molecule has 2 amide bonds. The van der Waals surface area contributed by atoms with Gasteiger partial charge < -0.3 is 15.5 Å². The van der Waals surface area contributed by atoms with Gasteiger partial charge in [0, 0.05) is 23.8 Å². The summed E-state index contributed by atoms with van der Waals surface area (Å²) in [6.07, 6.45) is 1.47. The lowest BCUT2D eigenvalue weighted by Gasteiger charge is -2.18. The molecule has 2 aliphatic heterocycles. The summed E-state index contributed by atoms with van der Waals surface area (Å²) in [6, 6.07) is 6.80. The van der Waals surface area contributed by atoms with Crippen LogP contribution in [0.1, 0.15) is 12.8 Å². The second-order valence-electron chi connectivity index (χ2n) is 5.51. The zero-order valence-corrected chi connectivity index (χ0v) is 12.4. The highest BCUT2D eigenvalue weighted by Crippen LogP contribution is 2.24. The molecule has 0 saturated carbocycles. The summed E-state index contributed by atoms with van der Waals surface area (Å²) in [7, 11) is 0. The smallest absolute Gasteiger partial charge is 0.249 e. The summed E-state index contributed by atoms with van der Waals surface area (Å²) >= 11 is 5.96. The molecule has 2 fully saturated rings. The van der Waals surface area contributed by atoms with Gasteiger partial charge in [-0.25, -0.2) is 0 Å². The van der Waals surface area contributed by atoms with Gasteiger partial charge in [0.1, 0.15) is 6.04 Å². The third kappa shape index (κ3) is 3.04. The first-order chi connectivity index (χ1) is 10.1. The Morgan fingerprint density at radius 2 is 2.24 bits per heavy atom. The average Bonchev–Trinajstić information content (AvgIpc) is 3.10. The van der Waals surface area contributed by atoms with Crippen LogP contribution in [0.25, 0.3) is 0 Å². The second kappa shape index (κ2) is 6.03. The molecule has 0 aromatic heterocycles. The zero-order valence-electron chi connectivity index (χ0n) is 11.6. The van der Waals surface area contributed by atoms with Gasteiger partial charge in [0.05, 0.1) is 5.92 Å². The van der Waals surface area contributed by atoms with Gasteiger partial charge in [-0.3, -0.25) is 9.59 Å². The van der Waals surface area contributed by atoms with E-state index >= 15 is 0 Å². The molecule has 0 bridgehead atoms. The largest absolute Gasteiger partial charge is 0.344 e. The van der Waals surface area contributed by atoms with Gasteiger partial charge in [0.2, 0.25) is 11.8 Å². The Kier molecular flexibility index (Phi) is 4.12. The number of hydrogen-bond acceptors (Lipinski definition) is 3. The van der Waals surface area contributed by atoms with Crippen molar-refractivity contribution in [2.75, 3.05) is 24.5 Å². The normalized spacial score (nSPS) is 25.4. The average molecular weight is 308 g/mol. The number of rotatable bonds is 3. The third-order valence-electron chi connectivity index (χ3n) is 4.07. The van der Waals surface area contributed by atoms with E-state index in [1.807, 2.05) is 12.1 Å². The number of nitrogens with one attached hydrogen (secondary N) is 2. The van der Waals surface area contributed by atoms with Crippen molar-refractivity contribution in [1.82, 2.24) is 10.6 Å². The first-order valence-electron chi connectivity index (χ1n) is 7.23. The Bertz CT molecular complexity index is 558. The van der Waals surface area contributed by atoms with Crippen molar-refractivity contribution in [3.05, 3.63) is 29.3 Å². The predicted molar refractivity (Wildman–Crippen MR) is 81.3 cm³/mol. The summed E-state index contributed by atoms with van der Waals surface area (Å²) < 4.78 is 0. The van der Waals surface area contributed by atoms with Crippen LogP contribution in [0.5, 0.6) is 0 Å². The van der Waals surface area contributed by atoms with Crippen molar-refractivity contribution in [3.8, 4) is 0 Å². The molecule has 2 saturated heterocycles. The van der Waals surface area contributed by atoms with E-state index in [1.54, 1.807) is 17.0 Å². The predicted octanol–water partition coefficient (Wildman–Crippen LogP) is 1.17. The van der Waals surface area contributed by atoms with Crippen molar-refractivity contribution in [3.63, 3.8) is 0 Å². The lowest BCUT2D eigenvalue weighted by Crippen LogP contribution is -2.44. The molecule has 2 atom stereocenters. The molecule has 2 unspecified atom stereocenters. The van der Waals surface area contributed by atoms with Gasteiger partial charge in [-0.2, -0.15) is 0 Å². The van der Waals surface area contributed by atoms with E-state index in [0.717, 1.165) is 18.7 Å². The van der Waals surface area contributed by atoms with E-state index in [1.165, 1.54) is 0 Å². The fourth-order valence-electron chi connectivity index (χ4n) is 2.88. The van der Waals surface area contributed by atoms with E-state index in [-0.39, 0.29) is 17.7 Å². The molecule has 2 N–H and O–H groups in total. The van der Waals surface area contributed by atoms with E-state index in [0.29, 0.717) is 24.5 Å². The summed E-state index contributed by atoms with van der Waals surface area (Å²) in [4.78, 5) is 26.2. The van der Waals surface area contributed by atoms with E-state index < -0.39 is 6.04 Å². The van der Waals surface area contributed by atoms with Crippen LogP contribution in [-0.4, -0.2) is 37.5 Å². The van der Waals surface area contributed by atoms with E-state index in [2.05, 4.69) is 10.6 Å². The first kappa shape index (κ1) is 14.4. The van der Waals surface area contributed by atoms with Crippen LogP contribution < -0.4 is 15.5 Å². The van der Waals surface area contributed by atoms with Crippen molar-refractivity contribution < 1.29 is 9.59 Å². The van der Waals surface area contributed by atoms with Crippen LogP contribution in [0, 0.1) is 5.92 Å². The molecule has 3 rings (SSSR count). The van der Waals surface area contributed by atoms with Gasteiger partial charge in [0.15, 0.2) is 0 Å². The minimum Gasteiger partial charge on any atom is -0.344 e. The number of anilines is 1. The molecular weight excluding hydrogens is 290 g/mol. The fraction of sp³-hybridized carbons (Fsp3) is 0.467. The van der Waals surface area contributed by atoms with Crippen LogP contribution in [0.4, 0.5) is 5.69 Å². The number of benzene rings is 1. The van der Waals surface area contributed by atoms with Crippen LogP contribution >= 0.6 is 11.6 Å². The Balaban J connectivity index is 1.64. The number of amides is 2. The van der Waals surface area contributed by atoms with Crippen LogP contribution in [-0.2, 0) is 9.59 Å². The van der Waals surface area contributed by atoms with Crippen LogP contribution in [0.15, 0.2) is 24.3 Å². The molecule has 112 valence electrons. The lowest BCUT2D eigenvalue weighted by molar-refractivity contribution is -0.128. The fourth-order valence-corrected chi connectivity index (χ4v) is 3.07. The quantitative estimate of drug-likeness (QED) is 0.881. The molecule has 0 spiro atoms. The molecule has 1 aromatic rings. The van der Waals surface area contributed by atoms with Crippen molar-refractivity contribution in [2.24, 2.45) is 5.92 Å². The molecule has 21 heavy (non-hydrogen) atoms. The summed E-state index contributed by atoms with van der Waals surface area (Å²) in [5, 5.41) is 6.64.